The molecule has 0 heterocycles. The van der Waals surface area contributed by atoms with Gasteiger partial charge in [0.15, 0.2) is 0 Å². The Kier molecular flexibility index (Phi) is 5.20. The van der Waals surface area contributed by atoms with E-state index in [1.54, 1.807) is 0 Å². The van der Waals surface area contributed by atoms with Crippen LogP contribution in [0.4, 0.5) is 39.5 Å². The highest BCUT2D eigenvalue weighted by Gasteiger charge is 2.81. The van der Waals surface area contributed by atoms with E-state index in [9.17, 15) is 44.1 Å². The lowest BCUT2D eigenvalue weighted by molar-refractivity contribution is -0.398. The third-order valence-corrected chi connectivity index (χ3v) is 2.62. The SMILES string of the molecule is O=P(Cl)(Cl)OCC(F)(F)C(F)(F)C(F)(F)C(F)(F)F. The Morgan fingerprint density at radius 2 is 1.21 bits per heavy atom. The van der Waals surface area contributed by atoms with Crippen molar-refractivity contribution in [2.24, 2.45) is 0 Å². The van der Waals surface area contributed by atoms with Crippen molar-refractivity contribution in [3.05, 3.63) is 0 Å². The van der Waals surface area contributed by atoms with E-state index >= 15 is 0 Å². The molecular formula is C5H2Cl2F9O2P. The summed E-state index contributed by atoms with van der Waals surface area (Å²) in [6, 6.07) is 0. The van der Waals surface area contributed by atoms with Gasteiger partial charge in [0, 0.05) is 0 Å². The van der Waals surface area contributed by atoms with Gasteiger partial charge in [0.2, 0.25) is 0 Å². The highest BCUT2D eigenvalue weighted by molar-refractivity contribution is 8.05. The maximum atomic E-state index is 12.7. The Labute approximate surface area is 108 Å². The summed E-state index contributed by atoms with van der Waals surface area (Å²) in [5.41, 5.74) is 0. The number of hydrogen-bond donors (Lipinski definition) is 0. The Bertz CT molecular complexity index is 375. The number of halogens is 11. The molecule has 116 valence electrons. The average molecular weight is 367 g/mol. The zero-order valence-electron chi connectivity index (χ0n) is 8.13. The third kappa shape index (κ3) is 4.05. The molecule has 0 radical (unpaired) electrons. The molecule has 0 spiro atoms. The van der Waals surface area contributed by atoms with Crippen LogP contribution in [0.1, 0.15) is 0 Å². The number of alkyl halides is 9. The van der Waals surface area contributed by atoms with E-state index in [4.69, 9.17) is 0 Å². The van der Waals surface area contributed by atoms with Crippen LogP contribution in [0.15, 0.2) is 0 Å². The highest BCUT2D eigenvalue weighted by atomic mass is 35.9. The largest absolute Gasteiger partial charge is 0.460 e. The van der Waals surface area contributed by atoms with Crippen molar-refractivity contribution in [3.63, 3.8) is 0 Å². The fourth-order valence-corrected chi connectivity index (χ4v) is 1.26. The third-order valence-electron chi connectivity index (χ3n) is 1.61. The first-order chi connectivity index (χ1) is 7.96. The fourth-order valence-electron chi connectivity index (χ4n) is 0.655. The normalized spacial score (nSPS) is 15.7. The maximum Gasteiger partial charge on any atom is 0.460 e. The van der Waals surface area contributed by atoms with Gasteiger partial charge in [0.25, 0.3) is 0 Å². The minimum atomic E-state index is -7.05. The Morgan fingerprint density at radius 1 is 0.842 bits per heavy atom. The second kappa shape index (κ2) is 5.16. The van der Waals surface area contributed by atoms with Gasteiger partial charge in [0.05, 0.1) is 0 Å². The Hall–Kier alpha value is 0.140. The molecule has 0 atom stereocenters. The second-order valence-corrected chi connectivity index (χ2v) is 7.32. The molecule has 0 aliphatic carbocycles. The van der Waals surface area contributed by atoms with Crippen LogP contribution in [0.25, 0.3) is 0 Å². The van der Waals surface area contributed by atoms with Crippen LogP contribution >= 0.6 is 28.6 Å². The van der Waals surface area contributed by atoms with Gasteiger partial charge in [-0.05, 0) is 22.5 Å². The monoisotopic (exact) mass is 366 g/mol. The summed E-state index contributed by atoms with van der Waals surface area (Å²) >= 11 is 9.01. The van der Waals surface area contributed by atoms with Crippen molar-refractivity contribution in [1.29, 1.82) is 0 Å². The molecule has 14 heteroatoms. The van der Waals surface area contributed by atoms with Gasteiger partial charge >= 0.3 is 30.0 Å². The van der Waals surface area contributed by atoms with E-state index in [1.165, 1.54) is 0 Å². The van der Waals surface area contributed by atoms with Crippen LogP contribution in [0.5, 0.6) is 0 Å². The zero-order valence-corrected chi connectivity index (χ0v) is 10.5. The van der Waals surface area contributed by atoms with E-state index in [0.717, 1.165) is 0 Å². The van der Waals surface area contributed by atoms with Gasteiger partial charge in [0.1, 0.15) is 6.61 Å². The van der Waals surface area contributed by atoms with E-state index in [1.807, 2.05) is 0 Å². The van der Waals surface area contributed by atoms with Crippen LogP contribution in [-0.4, -0.2) is 30.6 Å². The van der Waals surface area contributed by atoms with Crippen LogP contribution < -0.4 is 0 Å². The summed E-state index contributed by atoms with van der Waals surface area (Å²) in [4.78, 5) is 0. The van der Waals surface area contributed by atoms with Crippen molar-refractivity contribution in [3.8, 4) is 0 Å². The second-order valence-electron chi connectivity index (χ2n) is 3.04. The molecular weight excluding hydrogens is 365 g/mol. The molecule has 2 nitrogen and oxygen atoms in total. The summed E-state index contributed by atoms with van der Waals surface area (Å²) in [5.74, 6) is -19.9. The molecule has 0 unspecified atom stereocenters. The molecule has 0 aromatic carbocycles. The van der Waals surface area contributed by atoms with Gasteiger partial charge in [-0.1, -0.05) is 0 Å². The minimum absolute atomic E-state index is 2.80. The molecule has 0 saturated carbocycles. The van der Waals surface area contributed by atoms with Crippen LogP contribution in [0, 0.1) is 0 Å². The molecule has 0 aromatic rings. The average Bonchev–Trinajstić information content (AvgIpc) is 2.11. The van der Waals surface area contributed by atoms with Crippen molar-refractivity contribution in [1.82, 2.24) is 0 Å². The summed E-state index contributed by atoms with van der Waals surface area (Å²) in [5, 5.41) is 0. The minimum Gasteiger partial charge on any atom is -0.300 e. The van der Waals surface area contributed by atoms with Gasteiger partial charge in [-0.25, -0.2) is 0 Å². The van der Waals surface area contributed by atoms with E-state index < -0.39 is 36.6 Å². The van der Waals surface area contributed by atoms with Crippen LogP contribution in [-0.2, 0) is 9.09 Å². The highest BCUT2D eigenvalue weighted by Crippen LogP contribution is 2.60. The summed E-state index contributed by atoms with van der Waals surface area (Å²) in [7, 11) is 0. The smallest absolute Gasteiger partial charge is 0.300 e. The molecule has 0 aliphatic heterocycles. The van der Waals surface area contributed by atoms with Gasteiger partial charge in [-0.3, -0.25) is 9.09 Å². The zero-order chi connectivity index (χ0) is 15.9. The predicted molar refractivity (Wildman–Crippen MR) is 46.2 cm³/mol. The van der Waals surface area contributed by atoms with Gasteiger partial charge in [-0.2, -0.15) is 39.5 Å². The quantitative estimate of drug-likeness (QED) is 0.502. The van der Waals surface area contributed by atoms with Crippen LogP contribution in [0.2, 0.25) is 0 Å². The first kappa shape index (κ1) is 19.1. The molecule has 0 bridgehead atoms. The molecule has 0 aliphatic rings. The molecule has 0 rings (SSSR count). The lowest BCUT2D eigenvalue weighted by Gasteiger charge is -2.33. The molecule has 0 saturated heterocycles. The van der Waals surface area contributed by atoms with E-state index in [0.29, 0.717) is 0 Å². The Balaban J connectivity index is 5.34. The number of rotatable bonds is 5. The Morgan fingerprint density at radius 3 is 1.47 bits per heavy atom. The molecule has 0 N–H and O–H groups in total. The topological polar surface area (TPSA) is 26.3 Å². The summed E-state index contributed by atoms with van der Waals surface area (Å²) in [6.45, 7) is -2.80. The molecule has 19 heavy (non-hydrogen) atoms. The van der Waals surface area contributed by atoms with Gasteiger partial charge in [-0.15, -0.1) is 0 Å². The molecule has 0 amide bonds. The molecule has 0 fully saturated rings. The summed E-state index contributed by atoms with van der Waals surface area (Å²) in [6.07, 6.45) is -11.8. The lowest BCUT2D eigenvalue weighted by Crippen LogP contribution is -2.62. The predicted octanol–water partition coefficient (Wildman–Crippen LogP) is 5.06. The van der Waals surface area contributed by atoms with Crippen molar-refractivity contribution < 1.29 is 48.6 Å². The van der Waals surface area contributed by atoms with Crippen molar-refractivity contribution in [2.75, 3.05) is 6.61 Å². The van der Waals surface area contributed by atoms with Gasteiger partial charge < -0.3 is 0 Å². The van der Waals surface area contributed by atoms with E-state index in [-0.39, 0.29) is 0 Å². The fraction of sp³-hybridized carbons (Fsp3) is 1.00. The lowest BCUT2D eigenvalue weighted by atomic mass is 10.1. The number of hydrogen-bond acceptors (Lipinski definition) is 2. The van der Waals surface area contributed by atoms with Crippen molar-refractivity contribution in [2.45, 2.75) is 23.9 Å². The van der Waals surface area contributed by atoms with Crippen LogP contribution in [0.3, 0.4) is 0 Å². The first-order valence-electron chi connectivity index (χ1n) is 3.80. The first-order valence-corrected chi connectivity index (χ1v) is 7.23. The van der Waals surface area contributed by atoms with Crippen molar-refractivity contribution >= 4 is 28.6 Å². The van der Waals surface area contributed by atoms with E-state index in [2.05, 4.69) is 27.0 Å². The standard InChI is InChI=1S/C5H2Cl2F9O2P/c6-19(7,17)18-1-2(8,9)3(10,11)4(12,13)5(14,15)16/h1H2. The summed E-state index contributed by atoms with van der Waals surface area (Å²) < 4.78 is 124. The maximum absolute atomic E-state index is 12.7. The molecule has 0 aromatic heterocycles.